The molecule has 0 aliphatic heterocycles. The molecule has 0 radical (unpaired) electrons. The van der Waals surface area contributed by atoms with Crippen molar-refractivity contribution in [1.29, 1.82) is 0 Å². The van der Waals surface area contributed by atoms with E-state index in [2.05, 4.69) is 20.4 Å². The average Bonchev–Trinajstić information content (AvgIpc) is 2.45. The first-order valence-electron chi connectivity index (χ1n) is 6.58. The van der Waals surface area contributed by atoms with Crippen LogP contribution in [0.4, 0.5) is 14.6 Å². The lowest BCUT2D eigenvalue weighted by molar-refractivity contribution is 0.0188. The zero-order chi connectivity index (χ0) is 15.7. The molecule has 0 aliphatic carbocycles. The van der Waals surface area contributed by atoms with Gasteiger partial charge in [-0.15, -0.1) is 0 Å². The maximum Gasteiger partial charge on any atom is 0.261 e. The van der Waals surface area contributed by atoms with Gasteiger partial charge < -0.3 is 15.4 Å². The lowest BCUT2D eigenvalue weighted by Crippen LogP contribution is -2.28. The van der Waals surface area contributed by atoms with E-state index in [4.69, 9.17) is 11.6 Å². The van der Waals surface area contributed by atoms with Gasteiger partial charge in [0.1, 0.15) is 12.4 Å². The van der Waals surface area contributed by atoms with Crippen molar-refractivity contribution >= 4 is 23.3 Å². The number of nitrogens with one attached hydrogen (secondary N) is 2. The quantitative estimate of drug-likeness (QED) is 0.686. The molecule has 21 heavy (non-hydrogen) atoms. The standard InChI is InChI=1S/C13H18ClF2N3O2/c1-2-3-17-12-6-9(10(14)7-19-12)13(20)18-4-5-21-8-11(15)16/h6-7,11H,2-5,8H2,1H3,(H,17,19)(H,18,20). The van der Waals surface area contributed by atoms with Crippen molar-refractivity contribution in [1.82, 2.24) is 10.3 Å². The van der Waals surface area contributed by atoms with Gasteiger partial charge in [0.25, 0.3) is 12.3 Å². The monoisotopic (exact) mass is 321 g/mol. The maximum atomic E-state index is 11.9. The number of ether oxygens (including phenoxy) is 1. The Labute approximate surface area is 127 Å². The van der Waals surface area contributed by atoms with Crippen LogP contribution < -0.4 is 10.6 Å². The number of aromatic nitrogens is 1. The molecule has 5 nitrogen and oxygen atoms in total. The van der Waals surface area contributed by atoms with Crippen molar-refractivity contribution in [2.24, 2.45) is 0 Å². The Balaban J connectivity index is 2.48. The molecular formula is C13H18ClF2N3O2. The van der Waals surface area contributed by atoms with Crippen molar-refractivity contribution in [3.8, 4) is 0 Å². The molecule has 0 spiro atoms. The number of pyridine rings is 1. The molecule has 0 bridgehead atoms. The summed E-state index contributed by atoms with van der Waals surface area (Å²) in [5.41, 5.74) is 0.277. The highest BCUT2D eigenvalue weighted by Crippen LogP contribution is 2.17. The van der Waals surface area contributed by atoms with Crippen LogP contribution in [0.25, 0.3) is 0 Å². The van der Waals surface area contributed by atoms with Crippen molar-refractivity contribution in [3.63, 3.8) is 0 Å². The van der Waals surface area contributed by atoms with Crippen LogP contribution in [-0.4, -0.2) is 43.6 Å². The second-order valence-corrected chi connectivity index (χ2v) is 4.61. The van der Waals surface area contributed by atoms with E-state index in [1.807, 2.05) is 6.92 Å². The molecule has 1 aromatic rings. The first kappa shape index (κ1) is 17.6. The minimum absolute atomic E-state index is 0.0136. The van der Waals surface area contributed by atoms with Gasteiger partial charge in [0.05, 0.1) is 17.2 Å². The van der Waals surface area contributed by atoms with Gasteiger partial charge in [-0.1, -0.05) is 18.5 Å². The number of halogens is 3. The highest BCUT2D eigenvalue weighted by molar-refractivity contribution is 6.33. The summed E-state index contributed by atoms with van der Waals surface area (Å²) in [5, 5.41) is 5.82. The predicted molar refractivity (Wildman–Crippen MR) is 77.2 cm³/mol. The number of hydrogen-bond donors (Lipinski definition) is 2. The second kappa shape index (κ2) is 9.46. The number of amides is 1. The van der Waals surface area contributed by atoms with Crippen molar-refractivity contribution in [3.05, 3.63) is 22.8 Å². The summed E-state index contributed by atoms with van der Waals surface area (Å²) in [6, 6.07) is 1.55. The van der Waals surface area contributed by atoms with Gasteiger partial charge in [0.2, 0.25) is 0 Å². The number of hydrogen-bond acceptors (Lipinski definition) is 4. The Morgan fingerprint density at radius 2 is 2.24 bits per heavy atom. The first-order chi connectivity index (χ1) is 10.0. The van der Waals surface area contributed by atoms with Gasteiger partial charge in [0, 0.05) is 19.3 Å². The molecule has 8 heteroatoms. The van der Waals surface area contributed by atoms with Crippen LogP contribution in [0.1, 0.15) is 23.7 Å². The van der Waals surface area contributed by atoms with Gasteiger partial charge in [-0.2, -0.15) is 0 Å². The highest BCUT2D eigenvalue weighted by Gasteiger charge is 2.12. The topological polar surface area (TPSA) is 63.2 Å². The van der Waals surface area contributed by atoms with Gasteiger partial charge in [-0.25, -0.2) is 13.8 Å². The van der Waals surface area contributed by atoms with Gasteiger partial charge in [0.15, 0.2) is 0 Å². The first-order valence-corrected chi connectivity index (χ1v) is 6.96. The smallest absolute Gasteiger partial charge is 0.261 e. The molecule has 118 valence electrons. The summed E-state index contributed by atoms with van der Waals surface area (Å²) in [7, 11) is 0. The third-order valence-electron chi connectivity index (χ3n) is 2.43. The number of alkyl halides is 2. The number of nitrogens with zero attached hydrogens (tertiary/aromatic N) is 1. The Bertz CT molecular complexity index is 461. The molecule has 0 fully saturated rings. The number of rotatable bonds is 9. The average molecular weight is 322 g/mol. The van der Waals surface area contributed by atoms with Crippen LogP contribution in [0, 0.1) is 0 Å². The van der Waals surface area contributed by atoms with Crippen LogP contribution >= 0.6 is 11.6 Å². The molecule has 0 saturated heterocycles. The normalized spacial score (nSPS) is 10.7. The summed E-state index contributed by atoms with van der Waals surface area (Å²) in [6.45, 7) is 2.24. The lowest BCUT2D eigenvalue weighted by atomic mass is 10.2. The third kappa shape index (κ3) is 6.68. The van der Waals surface area contributed by atoms with Crippen LogP contribution in [-0.2, 0) is 4.74 Å². The van der Waals surface area contributed by atoms with E-state index >= 15 is 0 Å². The molecule has 0 aromatic carbocycles. The van der Waals surface area contributed by atoms with Gasteiger partial charge >= 0.3 is 0 Å². The molecular weight excluding hydrogens is 304 g/mol. The molecule has 1 aromatic heterocycles. The van der Waals surface area contributed by atoms with E-state index in [1.165, 1.54) is 6.20 Å². The Morgan fingerprint density at radius 1 is 1.48 bits per heavy atom. The van der Waals surface area contributed by atoms with Crippen molar-refractivity contribution < 1.29 is 18.3 Å². The fourth-order valence-electron chi connectivity index (χ4n) is 1.47. The van der Waals surface area contributed by atoms with E-state index in [0.717, 1.165) is 13.0 Å². The Hall–Kier alpha value is -1.47. The van der Waals surface area contributed by atoms with E-state index in [1.54, 1.807) is 6.07 Å². The molecule has 1 amide bonds. The van der Waals surface area contributed by atoms with Gasteiger partial charge in [-0.05, 0) is 12.5 Å². The van der Waals surface area contributed by atoms with Crippen LogP contribution in [0.2, 0.25) is 5.02 Å². The van der Waals surface area contributed by atoms with E-state index in [-0.39, 0.29) is 23.7 Å². The SMILES string of the molecule is CCCNc1cc(C(=O)NCCOCC(F)F)c(Cl)cn1. The third-order valence-corrected chi connectivity index (χ3v) is 2.73. The van der Waals surface area contributed by atoms with Crippen molar-refractivity contribution in [2.45, 2.75) is 19.8 Å². The molecule has 2 N–H and O–H groups in total. The van der Waals surface area contributed by atoms with E-state index < -0.39 is 18.9 Å². The zero-order valence-corrected chi connectivity index (χ0v) is 12.4. The summed E-state index contributed by atoms with van der Waals surface area (Å²) >= 11 is 5.93. The molecule has 0 aliphatic rings. The largest absolute Gasteiger partial charge is 0.374 e. The zero-order valence-electron chi connectivity index (χ0n) is 11.7. The van der Waals surface area contributed by atoms with Crippen LogP contribution in [0.15, 0.2) is 12.3 Å². The maximum absolute atomic E-state index is 11.9. The van der Waals surface area contributed by atoms with E-state index in [9.17, 15) is 13.6 Å². The fourth-order valence-corrected chi connectivity index (χ4v) is 1.66. The minimum Gasteiger partial charge on any atom is -0.374 e. The molecule has 0 saturated carbocycles. The predicted octanol–water partition coefficient (Wildman–Crippen LogP) is 2.57. The van der Waals surface area contributed by atoms with Crippen LogP contribution in [0.3, 0.4) is 0 Å². The van der Waals surface area contributed by atoms with Crippen LogP contribution in [0.5, 0.6) is 0 Å². The van der Waals surface area contributed by atoms with Gasteiger partial charge in [-0.3, -0.25) is 4.79 Å². The molecule has 1 rings (SSSR count). The molecule has 1 heterocycles. The number of carbonyl (C=O) groups excluding carboxylic acids is 1. The minimum atomic E-state index is -2.51. The highest BCUT2D eigenvalue weighted by atomic mass is 35.5. The number of carbonyl (C=O) groups is 1. The molecule has 0 unspecified atom stereocenters. The number of anilines is 1. The summed E-state index contributed by atoms with van der Waals surface area (Å²) in [6.07, 6.45) is -0.197. The van der Waals surface area contributed by atoms with Crippen molar-refractivity contribution in [2.75, 3.05) is 31.6 Å². The second-order valence-electron chi connectivity index (χ2n) is 4.20. The summed E-state index contributed by atoms with van der Waals surface area (Å²) < 4.78 is 28.3. The fraction of sp³-hybridized carbons (Fsp3) is 0.538. The van der Waals surface area contributed by atoms with E-state index in [0.29, 0.717) is 5.82 Å². The lowest BCUT2D eigenvalue weighted by Gasteiger charge is -2.09. The Kier molecular flexibility index (Phi) is 7.92. The summed E-state index contributed by atoms with van der Waals surface area (Å²) in [4.78, 5) is 16.0. The molecule has 0 atom stereocenters. The summed E-state index contributed by atoms with van der Waals surface area (Å²) in [5.74, 6) is 0.156. The Morgan fingerprint density at radius 3 is 2.90 bits per heavy atom.